The zero-order valence-corrected chi connectivity index (χ0v) is 16.0. The van der Waals surface area contributed by atoms with Crippen molar-refractivity contribution in [2.24, 2.45) is 0 Å². The summed E-state index contributed by atoms with van der Waals surface area (Å²) in [5.74, 6) is -0.0244. The molecule has 0 aromatic heterocycles. The van der Waals surface area contributed by atoms with E-state index in [4.69, 9.17) is 9.05 Å². The molecule has 0 fully saturated rings. The van der Waals surface area contributed by atoms with Crippen molar-refractivity contribution < 1.29 is 18.4 Å². The maximum absolute atomic E-state index is 13.5. The van der Waals surface area contributed by atoms with E-state index in [1.165, 1.54) is 0 Å². The average molecular weight is 332 g/mol. The van der Waals surface area contributed by atoms with Crippen molar-refractivity contribution in [3.63, 3.8) is 0 Å². The topological polar surface area (TPSA) is 52.6 Å². The second-order valence-corrected chi connectivity index (χ2v) is 8.10. The van der Waals surface area contributed by atoms with Gasteiger partial charge in [0.25, 0.3) is 0 Å². The van der Waals surface area contributed by atoms with Gasteiger partial charge in [0.1, 0.15) is 5.16 Å². The molecule has 0 N–H and O–H groups in total. The molecule has 0 saturated heterocycles. The van der Waals surface area contributed by atoms with Gasteiger partial charge in [-0.25, -0.2) is 0 Å². The second kappa shape index (κ2) is 10.4. The van der Waals surface area contributed by atoms with E-state index in [2.05, 4.69) is 6.92 Å². The van der Waals surface area contributed by atoms with Crippen LogP contribution in [0.3, 0.4) is 0 Å². The molecule has 4 nitrogen and oxygen atoms in total. The summed E-state index contributed by atoms with van der Waals surface area (Å²) in [6.45, 7) is 12.0. The van der Waals surface area contributed by atoms with Crippen molar-refractivity contribution in [2.45, 2.75) is 78.8 Å². The predicted octanol–water partition coefficient (Wildman–Crippen LogP) is 5.52. The van der Waals surface area contributed by atoms with E-state index in [0.29, 0.717) is 19.3 Å². The Labute approximate surface area is 136 Å². The van der Waals surface area contributed by atoms with Gasteiger partial charge in [-0.3, -0.25) is 9.36 Å². The molecule has 0 spiro atoms. The molecule has 0 aliphatic carbocycles. The van der Waals surface area contributed by atoms with Gasteiger partial charge in [0.15, 0.2) is 5.78 Å². The third kappa shape index (κ3) is 5.33. The van der Waals surface area contributed by atoms with Crippen LogP contribution in [0.4, 0.5) is 0 Å². The molecule has 0 saturated carbocycles. The molecule has 1 atom stereocenters. The fourth-order valence-electron chi connectivity index (χ4n) is 2.55. The minimum absolute atomic E-state index is 0.0244. The fourth-order valence-corrected chi connectivity index (χ4v) is 5.01. The van der Waals surface area contributed by atoms with Gasteiger partial charge in [-0.05, 0) is 40.5 Å². The first-order valence-electron chi connectivity index (χ1n) is 8.39. The van der Waals surface area contributed by atoms with Crippen LogP contribution in [0, 0.1) is 0 Å². The number of allylic oxidation sites excluding steroid dienone is 2. The number of hydrogen-bond acceptors (Lipinski definition) is 4. The highest BCUT2D eigenvalue weighted by Crippen LogP contribution is 2.64. The van der Waals surface area contributed by atoms with E-state index in [1.54, 1.807) is 13.8 Å². The summed E-state index contributed by atoms with van der Waals surface area (Å²) in [6.07, 6.45) is 5.03. The average Bonchev–Trinajstić information content (AvgIpc) is 2.47. The fraction of sp³-hybridized carbons (Fsp3) is 0.824. The highest BCUT2D eigenvalue weighted by atomic mass is 31.2. The summed E-state index contributed by atoms with van der Waals surface area (Å²) in [5.41, 5.74) is 1.10. The van der Waals surface area contributed by atoms with Crippen molar-refractivity contribution in [1.82, 2.24) is 0 Å². The van der Waals surface area contributed by atoms with Crippen LogP contribution in [0.15, 0.2) is 11.6 Å². The van der Waals surface area contributed by atoms with Crippen LogP contribution < -0.4 is 0 Å². The van der Waals surface area contributed by atoms with Gasteiger partial charge in [-0.2, -0.15) is 0 Å². The van der Waals surface area contributed by atoms with Crippen molar-refractivity contribution in [2.75, 3.05) is 13.2 Å². The van der Waals surface area contributed by atoms with Gasteiger partial charge in [0.2, 0.25) is 0 Å². The van der Waals surface area contributed by atoms with Gasteiger partial charge >= 0.3 is 7.60 Å². The second-order valence-electron chi connectivity index (χ2n) is 5.73. The monoisotopic (exact) mass is 332 g/mol. The Morgan fingerprint density at radius 1 is 1.09 bits per heavy atom. The Hall–Kier alpha value is -0.440. The zero-order chi connectivity index (χ0) is 17.2. The Balaban J connectivity index is 5.99. The maximum Gasteiger partial charge on any atom is 0.344 e. The maximum atomic E-state index is 13.5. The Morgan fingerprint density at radius 2 is 1.64 bits per heavy atom. The van der Waals surface area contributed by atoms with Crippen LogP contribution in [0.5, 0.6) is 0 Å². The van der Waals surface area contributed by atoms with Gasteiger partial charge in [-0.15, -0.1) is 0 Å². The number of carbonyl (C=O) groups is 1. The summed E-state index contributed by atoms with van der Waals surface area (Å²) >= 11 is 0. The standard InChI is InChI=1S/C17H33O4P/c1-7-11-13-17(16(18)8-2,14-12-15(5)6)22(19,20-9-3)21-10-4/h12H,7-11,13-14H2,1-6H3. The molecule has 0 radical (unpaired) electrons. The smallest absolute Gasteiger partial charge is 0.308 e. The minimum atomic E-state index is -3.51. The van der Waals surface area contributed by atoms with Gasteiger partial charge in [-0.1, -0.05) is 38.3 Å². The van der Waals surface area contributed by atoms with Crippen LogP contribution in [0.1, 0.15) is 73.6 Å². The number of ketones is 1. The molecule has 1 unspecified atom stereocenters. The van der Waals surface area contributed by atoms with Gasteiger partial charge in [0.05, 0.1) is 13.2 Å². The normalized spacial score (nSPS) is 14.5. The van der Waals surface area contributed by atoms with E-state index in [0.717, 1.165) is 18.4 Å². The first kappa shape index (κ1) is 21.6. The van der Waals surface area contributed by atoms with Gasteiger partial charge < -0.3 is 9.05 Å². The van der Waals surface area contributed by atoms with Crippen LogP contribution in [0.2, 0.25) is 0 Å². The van der Waals surface area contributed by atoms with Crippen molar-refractivity contribution >= 4 is 13.4 Å². The molecule has 22 heavy (non-hydrogen) atoms. The van der Waals surface area contributed by atoms with E-state index < -0.39 is 12.8 Å². The number of rotatable bonds is 12. The Kier molecular flexibility index (Phi) is 10.1. The van der Waals surface area contributed by atoms with Crippen molar-refractivity contribution in [3.8, 4) is 0 Å². The molecule has 0 aliphatic heterocycles. The van der Waals surface area contributed by atoms with Crippen LogP contribution in [-0.4, -0.2) is 24.2 Å². The third-order valence-electron chi connectivity index (χ3n) is 3.75. The summed E-state index contributed by atoms with van der Waals surface area (Å²) in [5, 5.41) is -1.05. The lowest BCUT2D eigenvalue weighted by molar-refractivity contribution is -0.122. The van der Waals surface area contributed by atoms with E-state index >= 15 is 0 Å². The highest BCUT2D eigenvalue weighted by Gasteiger charge is 2.54. The SMILES string of the molecule is CCCCC(CC=C(C)C)(C(=O)CC)P(=O)(OCC)OCC. The molecule has 130 valence electrons. The molecular formula is C17H33O4P. The number of unbranched alkanes of at least 4 members (excludes halogenated alkanes) is 1. The summed E-state index contributed by atoms with van der Waals surface area (Å²) in [4.78, 5) is 12.8. The van der Waals surface area contributed by atoms with E-state index in [9.17, 15) is 9.36 Å². The first-order valence-corrected chi connectivity index (χ1v) is 9.93. The van der Waals surface area contributed by atoms with E-state index in [1.807, 2.05) is 26.8 Å². The molecule has 0 aromatic rings. The third-order valence-corrected chi connectivity index (χ3v) is 6.65. The predicted molar refractivity (Wildman–Crippen MR) is 92.5 cm³/mol. The largest absolute Gasteiger partial charge is 0.344 e. The van der Waals surface area contributed by atoms with Crippen LogP contribution in [0.25, 0.3) is 0 Å². The summed E-state index contributed by atoms with van der Waals surface area (Å²) in [6, 6.07) is 0. The van der Waals surface area contributed by atoms with Gasteiger partial charge in [0, 0.05) is 6.42 Å². The molecule has 0 amide bonds. The van der Waals surface area contributed by atoms with E-state index in [-0.39, 0.29) is 19.0 Å². The lowest BCUT2D eigenvalue weighted by atomic mass is 9.90. The highest BCUT2D eigenvalue weighted by molar-refractivity contribution is 7.56. The first-order chi connectivity index (χ1) is 10.3. The molecule has 0 heterocycles. The quantitative estimate of drug-likeness (QED) is 0.349. The Bertz CT molecular complexity index is 403. The number of carbonyl (C=O) groups excluding carboxylic acids is 1. The summed E-state index contributed by atoms with van der Waals surface area (Å²) < 4.78 is 24.6. The van der Waals surface area contributed by atoms with Crippen molar-refractivity contribution in [3.05, 3.63) is 11.6 Å². The lowest BCUT2D eigenvalue weighted by Crippen LogP contribution is -2.39. The number of hydrogen-bond donors (Lipinski definition) is 0. The molecule has 5 heteroatoms. The van der Waals surface area contributed by atoms with Crippen molar-refractivity contribution in [1.29, 1.82) is 0 Å². The number of Topliss-reactive ketones (excluding diaryl/α,β-unsaturated/α-hetero) is 1. The molecule has 0 bridgehead atoms. The van der Waals surface area contributed by atoms with Crippen LogP contribution in [-0.2, 0) is 18.4 Å². The molecule has 0 aliphatic rings. The minimum Gasteiger partial charge on any atom is -0.308 e. The molecular weight excluding hydrogens is 299 g/mol. The lowest BCUT2D eigenvalue weighted by Gasteiger charge is -2.37. The molecule has 0 rings (SSSR count). The summed E-state index contributed by atoms with van der Waals surface area (Å²) in [7, 11) is -3.51. The molecule has 0 aromatic carbocycles. The van der Waals surface area contributed by atoms with Crippen LogP contribution >= 0.6 is 7.60 Å². The Morgan fingerprint density at radius 3 is 2.00 bits per heavy atom. The zero-order valence-electron chi connectivity index (χ0n) is 15.1.